The first-order valence-corrected chi connectivity index (χ1v) is 6.65. The van der Waals surface area contributed by atoms with E-state index in [0.717, 1.165) is 25.9 Å². The van der Waals surface area contributed by atoms with E-state index in [1.54, 1.807) is 0 Å². The Morgan fingerprint density at radius 1 is 1.44 bits per heavy atom. The van der Waals surface area contributed by atoms with Crippen molar-refractivity contribution in [2.75, 3.05) is 19.7 Å². The predicted octanol–water partition coefficient (Wildman–Crippen LogP) is 1.81. The zero-order valence-electron chi connectivity index (χ0n) is 11.7. The molecule has 5 heteroatoms. The van der Waals surface area contributed by atoms with Gasteiger partial charge in [0.05, 0.1) is 19.1 Å². The maximum atomic E-state index is 12.0. The number of nitrogens with two attached hydrogens (primary N) is 1. The maximum Gasteiger partial charge on any atom is 0.224 e. The third-order valence-corrected chi connectivity index (χ3v) is 3.32. The molecule has 2 unspecified atom stereocenters. The second-order valence-corrected chi connectivity index (χ2v) is 5.27. The molecular formula is C13H27ClN2O2. The van der Waals surface area contributed by atoms with E-state index < -0.39 is 0 Å². The van der Waals surface area contributed by atoms with Crippen molar-refractivity contribution in [1.29, 1.82) is 0 Å². The summed E-state index contributed by atoms with van der Waals surface area (Å²) >= 11 is 0. The van der Waals surface area contributed by atoms with Crippen molar-refractivity contribution in [3.8, 4) is 0 Å². The third-order valence-electron chi connectivity index (χ3n) is 3.32. The molecule has 1 rings (SSSR count). The number of halogens is 1. The second-order valence-electron chi connectivity index (χ2n) is 5.27. The van der Waals surface area contributed by atoms with E-state index in [9.17, 15) is 4.79 Å². The third kappa shape index (κ3) is 6.03. The molecule has 0 bridgehead atoms. The lowest BCUT2D eigenvalue weighted by Crippen LogP contribution is -2.45. The summed E-state index contributed by atoms with van der Waals surface area (Å²) in [6, 6.07) is 0.178. The lowest BCUT2D eigenvalue weighted by molar-refractivity contribution is -0.134. The minimum atomic E-state index is 0. The van der Waals surface area contributed by atoms with Gasteiger partial charge in [0.25, 0.3) is 0 Å². The Balaban J connectivity index is 0.00000289. The van der Waals surface area contributed by atoms with Crippen LogP contribution < -0.4 is 5.73 Å². The van der Waals surface area contributed by atoms with Gasteiger partial charge in [0.2, 0.25) is 5.91 Å². The normalized spacial score (nSPS) is 21.6. The van der Waals surface area contributed by atoms with Crippen molar-refractivity contribution in [3.05, 3.63) is 0 Å². The largest absolute Gasteiger partial charge is 0.378 e. The molecule has 0 aromatic rings. The van der Waals surface area contributed by atoms with Crippen molar-refractivity contribution in [2.45, 2.75) is 52.2 Å². The molecule has 2 N–H and O–H groups in total. The van der Waals surface area contributed by atoms with Gasteiger partial charge in [-0.05, 0) is 39.5 Å². The van der Waals surface area contributed by atoms with Crippen LogP contribution in [-0.2, 0) is 9.53 Å². The highest BCUT2D eigenvalue weighted by Crippen LogP contribution is 2.19. The Labute approximate surface area is 117 Å². The van der Waals surface area contributed by atoms with E-state index in [0.29, 0.717) is 18.9 Å². The smallest absolute Gasteiger partial charge is 0.224 e. The fourth-order valence-corrected chi connectivity index (χ4v) is 2.21. The van der Waals surface area contributed by atoms with Crippen LogP contribution in [0.2, 0.25) is 0 Å². The van der Waals surface area contributed by atoms with Crippen LogP contribution in [0.1, 0.15) is 40.0 Å². The standard InChI is InChI=1S/C13H26N2O2.ClH/c1-10(2)17-8-6-13(16)15-7-4-5-12(9-15)11(3)14;/h10-12H,4-9,14H2,1-3H3;1H. The van der Waals surface area contributed by atoms with E-state index in [-0.39, 0.29) is 30.5 Å². The molecule has 108 valence electrons. The number of carbonyl (C=O) groups is 1. The molecule has 1 heterocycles. The van der Waals surface area contributed by atoms with E-state index >= 15 is 0 Å². The van der Waals surface area contributed by atoms with Gasteiger partial charge in [0.15, 0.2) is 0 Å². The highest BCUT2D eigenvalue weighted by atomic mass is 35.5. The Hall–Kier alpha value is -0.320. The SMILES string of the molecule is CC(C)OCCC(=O)N1CCCC(C(C)N)C1.Cl. The number of hydrogen-bond acceptors (Lipinski definition) is 3. The average molecular weight is 279 g/mol. The maximum absolute atomic E-state index is 12.0. The molecule has 0 aromatic heterocycles. The van der Waals surface area contributed by atoms with Gasteiger partial charge >= 0.3 is 0 Å². The molecule has 0 aliphatic carbocycles. The zero-order chi connectivity index (χ0) is 12.8. The molecule has 1 aliphatic rings. The van der Waals surface area contributed by atoms with Crippen molar-refractivity contribution >= 4 is 18.3 Å². The molecule has 0 radical (unpaired) electrons. The molecular weight excluding hydrogens is 252 g/mol. The van der Waals surface area contributed by atoms with Crippen molar-refractivity contribution < 1.29 is 9.53 Å². The zero-order valence-corrected chi connectivity index (χ0v) is 12.5. The van der Waals surface area contributed by atoms with Crippen LogP contribution in [0.3, 0.4) is 0 Å². The van der Waals surface area contributed by atoms with E-state index in [4.69, 9.17) is 10.5 Å². The molecule has 0 aromatic carbocycles. The van der Waals surface area contributed by atoms with Crippen LogP contribution in [0.15, 0.2) is 0 Å². The van der Waals surface area contributed by atoms with Crippen LogP contribution in [0.5, 0.6) is 0 Å². The fraction of sp³-hybridized carbons (Fsp3) is 0.923. The Kier molecular flexibility index (Phi) is 8.57. The summed E-state index contributed by atoms with van der Waals surface area (Å²) in [6.07, 6.45) is 2.90. The average Bonchev–Trinajstić information content (AvgIpc) is 2.28. The van der Waals surface area contributed by atoms with E-state index in [1.807, 2.05) is 25.7 Å². The number of amides is 1. The van der Waals surface area contributed by atoms with Crippen molar-refractivity contribution in [1.82, 2.24) is 4.90 Å². The van der Waals surface area contributed by atoms with Crippen LogP contribution in [-0.4, -0.2) is 42.6 Å². The van der Waals surface area contributed by atoms with Gasteiger partial charge < -0.3 is 15.4 Å². The van der Waals surface area contributed by atoms with E-state index in [2.05, 4.69) is 0 Å². The summed E-state index contributed by atoms with van der Waals surface area (Å²) in [6.45, 7) is 8.22. The van der Waals surface area contributed by atoms with Crippen LogP contribution >= 0.6 is 12.4 Å². The molecule has 0 spiro atoms. The van der Waals surface area contributed by atoms with Gasteiger partial charge in [-0.3, -0.25) is 4.79 Å². The van der Waals surface area contributed by atoms with Crippen LogP contribution in [0, 0.1) is 5.92 Å². The molecule has 2 atom stereocenters. The summed E-state index contributed by atoms with van der Waals surface area (Å²) in [5.74, 6) is 0.662. The first kappa shape index (κ1) is 17.7. The Morgan fingerprint density at radius 3 is 2.67 bits per heavy atom. The number of piperidine rings is 1. The molecule has 1 aliphatic heterocycles. The minimum absolute atomic E-state index is 0. The fourth-order valence-electron chi connectivity index (χ4n) is 2.21. The molecule has 18 heavy (non-hydrogen) atoms. The summed E-state index contributed by atoms with van der Waals surface area (Å²) in [4.78, 5) is 13.9. The highest BCUT2D eigenvalue weighted by molar-refractivity contribution is 5.85. The molecule has 1 saturated heterocycles. The monoisotopic (exact) mass is 278 g/mol. The summed E-state index contributed by atoms with van der Waals surface area (Å²) in [5.41, 5.74) is 5.91. The number of carbonyl (C=O) groups excluding carboxylic acids is 1. The molecule has 1 fully saturated rings. The lowest BCUT2D eigenvalue weighted by Gasteiger charge is -2.34. The summed E-state index contributed by atoms with van der Waals surface area (Å²) in [5, 5.41) is 0. The Morgan fingerprint density at radius 2 is 2.11 bits per heavy atom. The number of likely N-dealkylation sites (tertiary alicyclic amines) is 1. The molecule has 4 nitrogen and oxygen atoms in total. The van der Waals surface area contributed by atoms with Gasteiger partial charge in [0.1, 0.15) is 0 Å². The van der Waals surface area contributed by atoms with E-state index in [1.165, 1.54) is 0 Å². The Bertz CT molecular complexity index is 247. The molecule has 1 amide bonds. The van der Waals surface area contributed by atoms with Crippen LogP contribution in [0.25, 0.3) is 0 Å². The van der Waals surface area contributed by atoms with Crippen molar-refractivity contribution in [3.63, 3.8) is 0 Å². The summed E-state index contributed by atoms with van der Waals surface area (Å²) < 4.78 is 5.41. The first-order chi connectivity index (χ1) is 8.00. The number of hydrogen-bond donors (Lipinski definition) is 1. The van der Waals surface area contributed by atoms with Crippen molar-refractivity contribution in [2.24, 2.45) is 11.7 Å². The highest BCUT2D eigenvalue weighted by Gasteiger charge is 2.25. The van der Waals surface area contributed by atoms with Gasteiger partial charge in [-0.15, -0.1) is 12.4 Å². The van der Waals surface area contributed by atoms with Gasteiger partial charge in [-0.1, -0.05) is 0 Å². The second kappa shape index (κ2) is 8.73. The number of ether oxygens (including phenoxy) is 1. The molecule has 0 saturated carbocycles. The minimum Gasteiger partial charge on any atom is -0.378 e. The first-order valence-electron chi connectivity index (χ1n) is 6.65. The van der Waals surface area contributed by atoms with Gasteiger partial charge in [0, 0.05) is 19.1 Å². The number of nitrogens with zero attached hydrogens (tertiary/aromatic N) is 1. The topological polar surface area (TPSA) is 55.6 Å². The number of rotatable bonds is 5. The van der Waals surface area contributed by atoms with Crippen LogP contribution in [0.4, 0.5) is 0 Å². The summed E-state index contributed by atoms with van der Waals surface area (Å²) in [7, 11) is 0. The van der Waals surface area contributed by atoms with Gasteiger partial charge in [-0.25, -0.2) is 0 Å². The predicted molar refractivity (Wildman–Crippen MR) is 75.9 cm³/mol. The van der Waals surface area contributed by atoms with Gasteiger partial charge in [-0.2, -0.15) is 0 Å². The lowest BCUT2D eigenvalue weighted by atomic mass is 9.92. The quantitative estimate of drug-likeness (QED) is 0.834.